The summed E-state index contributed by atoms with van der Waals surface area (Å²) in [7, 11) is 0. The Morgan fingerprint density at radius 3 is 2.39 bits per heavy atom. The normalized spacial score (nSPS) is 11.8. The molecule has 41 heavy (non-hydrogen) atoms. The van der Waals surface area contributed by atoms with Crippen molar-refractivity contribution in [3.8, 4) is 22.9 Å². The van der Waals surface area contributed by atoms with Crippen molar-refractivity contribution in [2.24, 2.45) is 0 Å². The Kier molecular flexibility index (Phi) is 10.8. The van der Waals surface area contributed by atoms with Gasteiger partial charge in [-0.15, -0.1) is 10.2 Å². The second-order valence-corrected chi connectivity index (χ2v) is 11.6. The first-order valence-corrected chi connectivity index (χ1v) is 15.1. The molecule has 0 spiro atoms. The Balaban J connectivity index is 1.65. The molecule has 0 saturated heterocycles. The number of aryl methyl sites for hydroxylation is 1. The Bertz CT molecular complexity index is 1520. The summed E-state index contributed by atoms with van der Waals surface area (Å²) in [5.74, 6) is 2.32. The van der Waals surface area contributed by atoms with Crippen LogP contribution in [0.2, 0.25) is 10.0 Å². The highest BCUT2D eigenvalue weighted by Gasteiger charge is 2.26. The van der Waals surface area contributed by atoms with Crippen LogP contribution in [0.1, 0.15) is 36.0 Å². The molecule has 9 nitrogen and oxygen atoms in total. The molecule has 4 rings (SSSR count). The molecule has 0 unspecified atom stereocenters. The molecule has 4 aromatic rings. The van der Waals surface area contributed by atoms with Gasteiger partial charge in [0.15, 0.2) is 16.7 Å². The van der Waals surface area contributed by atoms with Crippen LogP contribution in [0.3, 0.4) is 0 Å². The maximum absolute atomic E-state index is 11.8. The Morgan fingerprint density at radius 2 is 1.73 bits per heavy atom. The quantitative estimate of drug-likeness (QED) is 0.0792. The molecule has 0 fully saturated rings. The van der Waals surface area contributed by atoms with Gasteiger partial charge in [-0.1, -0.05) is 41.0 Å². The van der Waals surface area contributed by atoms with Gasteiger partial charge >= 0.3 is 0 Å². The molecular weight excluding hydrogens is 655 g/mol. The lowest BCUT2D eigenvalue weighted by Crippen LogP contribution is -2.12. The largest absolute Gasteiger partial charge is 0.494 e. The van der Waals surface area contributed by atoms with Crippen LogP contribution < -0.4 is 14.2 Å². The third-order valence-corrected chi connectivity index (χ3v) is 8.34. The summed E-state index contributed by atoms with van der Waals surface area (Å²) in [5, 5.41) is 21.1. The SMILES string of the molecule is CCOc1ccc(-n2c(C)nnc2S[C@H](C[N+](=O)[O-])c2cc(Br)c(OCc3ccc(Cl)c(Cl)c3)c(OCC)c2)cc1. The van der Waals surface area contributed by atoms with Crippen LogP contribution in [0.25, 0.3) is 5.69 Å². The van der Waals surface area contributed by atoms with Crippen LogP contribution in [-0.4, -0.2) is 39.4 Å². The second-order valence-electron chi connectivity index (χ2n) is 8.71. The zero-order valence-corrected chi connectivity index (χ0v) is 26.4. The lowest BCUT2D eigenvalue weighted by molar-refractivity contribution is -0.479. The highest BCUT2D eigenvalue weighted by molar-refractivity contribution is 9.10. The van der Waals surface area contributed by atoms with Gasteiger partial charge in [0.1, 0.15) is 23.4 Å². The van der Waals surface area contributed by atoms with Crippen molar-refractivity contribution in [3.05, 3.63) is 96.2 Å². The molecule has 0 aliphatic heterocycles. The van der Waals surface area contributed by atoms with Gasteiger partial charge in [0.25, 0.3) is 0 Å². The van der Waals surface area contributed by atoms with Crippen molar-refractivity contribution in [2.75, 3.05) is 19.8 Å². The summed E-state index contributed by atoms with van der Waals surface area (Å²) in [6, 6.07) is 16.4. The molecule has 216 valence electrons. The highest BCUT2D eigenvalue weighted by Crippen LogP contribution is 2.43. The smallest absolute Gasteiger partial charge is 0.220 e. The number of rotatable bonds is 13. The standard InChI is InChI=1S/C28H27BrCl2N4O5S/c1-4-38-21-9-7-20(8-10-21)35-17(3)32-33-28(35)41-26(15-34(36)37)19-13-22(29)27(25(14-19)39-5-2)40-16-18-6-11-23(30)24(31)12-18/h6-14,26H,4-5,15-16H2,1-3H3/t26-/m1/s1. The van der Waals surface area contributed by atoms with Gasteiger partial charge in [0, 0.05) is 10.6 Å². The monoisotopic (exact) mass is 680 g/mol. The van der Waals surface area contributed by atoms with Gasteiger partial charge in [-0.2, -0.15) is 0 Å². The molecule has 0 aliphatic carbocycles. The van der Waals surface area contributed by atoms with E-state index in [2.05, 4.69) is 26.1 Å². The Hall–Kier alpha value is -2.99. The summed E-state index contributed by atoms with van der Waals surface area (Å²) in [6.45, 7) is 6.42. The molecule has 1 heterocycles. The summed E-state index contributed by atoms with van der Waals surface area (Å²) in [4.78, 5) is 11.4. The highest BCUT2D eigenvalue weighted by atomic mass is 79.9. The van der Waals surface area contributed by atoms with Crippen LogP contribution in [-0.2, 0) is 6.61 Å². The van der Waals surface area contributed by atoms with Crippen LogP contribution in [0, 0.1) is 17.0 Å². The summed E-state index contributed by atoms with van der Waals surface area (Å²) in [6.07, 6.45) is 0. The van der Waals surface area contributed by atoms with Gasteiger partial charge in [0.2, 0.25) is 6.54 Å². The minimum atomic E-state index is -0.602. The summed E-state index contributed by atoms with van der Waals surface area (Å²) < 4.78 is 20.0. The predicted molar refractivity (Wildman–Crippen MR) is 164 cm³/mol. The van der Waals surface area contributed by atoms with E-state index in [1.807, 2.05) is 55.7 Å². The van der Waals surface area contributed by atoms with Gasteiger partial charge < -0.3 is 14.2 Å². The molecule has 13 heteroatoms. The van der Waals surface area contributed by atoms with Crippen molar-refractivity contribution >= 4 is 50.9 Å². The number of nitrogens with zero attached hydrogens (tertiary/aromatic N) is 4. The molecule has 0 saturated carbocycles. The minimum absolute atomic E-state index is 0.215. The van der Waals surface area contributed by atoms with E-state index in [1.54, 1.807) is 24.3 Å². The van der Waals surface area contributed by atoms with Crippen molar-refractivity contribution in [1.82, 2.24) is 14.8 Å². The van der Waals surface area contributed by atoms with Crippen molar-refractivity contribution in [3.63, 3.8) is 0 Å². The third kappa shape index (κ3) is 7.85. The number of aromatic nitrogens is 3. The average molecular weight is 682 g/mol. The van der Waals surface area contributed by atoms with Gasteiger partial charge in [-0.3, -0.25) is 14.7 Å². The first kappa shape index (κ1) is 31.0. The van der Waals surface area contributed by atoms with Crippen LogP contribution in [0.5, 0.6) is 17.2 Å². The minimum Gasteiger partial charge on any atom is -0.494 e. The van der Waals surface area contributed by atoms with E-state index in [-0.39, 0.29) is 18.1 Å². The number of benzene rings is 3. The maximum Gasteiger partial charge on any atom is 0.220 e. The summed E-state index contributed by atoms with van der Waals surface area (Å²) in [5.41, 5.74) is 2.31. The lowest BCUT2D eigenvalue weighted by atomic mass is 10.1. The van der Waals surface area contributed by atoms with Crippen LogP contribution >= 0.6 is 50.9 Å². The number of thioether (sulfide) groups is 1. The van der Waals surface area contributed by atoms with Crippen LogP contribution in [0.4, 0.5) is 0 Å². The Morgan fingerprint density at radius 1 is 1.00 bits per heavy atom. The fraction of sp³-hybridized carbons (Fsp3) is 0.286. The number of nitro groups is 1. The van der Waals surface area contributed by atoms with Gasteiger partial charge in [0.05, 0.1) is 27.7 Å². The third-order valence-electron chi connectivity index (χ3n) is 5.83. The first-order chi connectivity index (χ1) is 19.7. The molecular formula is C28H27BrCl2N4O5S. The Labute approximate surface area is 260 Å². The fourth-order valence-corrected chi connectivity index (χ4v) is 6.06. The lowest BCUT2D eigenvalue weighted by Gasteiger charge is -2.19. The zero-order valence-electron chi connectivity index (χ0n) is 22.5. The molecule has 1 atom stereocenters. The van der Waals surface area contributed by atoms with Gasteiger partial charge in [-0.05, 0) is 96.4 Å². The topological polar surface area (TPSA) is 102 Å². The zero-order chi connectivity index (χ0) is 29.5. The molecule has 3 aromatic carbocycles. The number of ether oxygens (including phenoxy) is 3. The first-order valence-electron chi connectivity index (χ1n) is 12.7. The van der Waals surface area contributed by atoms with E-state index in [0.717, 1.165) is 17.0 Å². The number of hydrogen-bond acceptors (Lipinski definition) is 8. The van der Waals surface area contributed by atoms with E-state index < -0.39 is 5.25 Å². The van der Waals surface area contributed by atoms with E-state index in [1.165, 1.54) is 11.8 Å². The van der Waals surface area contributed by atoms with Gasteiger partial charge in [-0.25, -0.2) is 0 Å². The molecule has 0 amide bonds. The fourth-order valence-electron chi connectivity index (χ4n) is 4.01. The van der Waals surface area contributed by atoms with Crippen LogP contribution in [0.15, 0.2) is 64.2 Å². The molecule has 0 bridgehead atoms. The van der Waals surface area contributed by atoms with E-state index in [0.29, 0.717) is 55.8 Å². The number of hydrogen-bond donors (Lipinski definition) is 0. The van der Waals surface area contributed by atoms with E-state index >= 15 is 0 Å². The van der Waals surface area contributed by atoms with E-state index in [4.69, 9.17) is 37.4 Å². The predicted octanol–water partition coefficient (Wildman–Crippen LogP) is 8.13. The molecule has 0 aliphatic rings. The van der Waals surface area contributed by atoms with E-state index in [9.17, 15) is 10.1 Å². The summed E-state index contributed by atoms with van der Waals surface area (Å²) >= 11 is 17.0. The van der Waals surface area contributed by atoms with Crippen molar-refractivity contribution in [1.29, 1.82) is 0 Å². The molecule has 1 aromatic heterocycles. The maximum atomic E-state index is 11.8. The average Bonchev–Trinajstić information content (AvgIpc) is 3.29. The number of halogens is 3. The second kappa shape index (κ2) is 14.3. The van der Waals surface area contributed by atoms with Crippen molar-refractivity contribution < 1.29 is 19.1 Å². The molecule has 0 N–H and O–H groups in total. The van der Waals surface area contributed by atoms with Crippen molar-refractivity contribution in [2.45, 2.75) is 37.8 Å². The molecule has 0 radical (unpaired) electrons.